The minimum Gasteiger partial charge on any atom is -0.444 e. The Labute approximate surface area is 119 Å². The van der Waals surface area contributed by atoms with Gasteiger partial charge in [0.25, 0.3) is 0 Å². The van der Waals surface area contributed by atoms with Gasteiger partial charge in [-0.2, -0.15) is 0 Å². The number of nitrogens with zero attached hydrogens (tertiary/aromatic N) is 2. The zero-order chi connectivity index (χ0) is 15.3. The highest BCUT2D eigenvalue weighted by molar-refractivity contribution is 5.78. The van der Waals surface area contributed by atoms with Crippen molar-refractivity contribution in [1.29, 1.82) is 0 Å². The average molecular weight is 280 g/mol. The van der Waals surface area contributed by atoms with Gasteiger partial charge in [0, 0.05) is 7.05 Å². The van der Waals surface area contributed by atoms with Crippen molar-refractivity contribution in [3.8, 4) is 12.3 Å². The van der Waals surface area contributed by atoms with Crippen LogP contribution in [0.3, 0.4) is 0 Å². The van der Waals surface area contributed by atoms with Gasteiger partial charge >= 0.3 is 12.0 Å². The van der Waals surface area contributed by atoms with Crippen molar-refractivity contribution in [1.82, 2.24) is 9.80 Å². The lowest BCUT2D eigenvalue weighted by Crippen LogP contribution is -2.43. The first-order valence-corrected chi connectivity index (χ1v) is 6.37. The lowest BCUT2D eigenvalue weighted by molar-refractivity contribution is -0.149. The van der Waals surface area contributed by atoms with E-state index >= 15 is 0 Å². The molecular formula is C14H20N2O4. The summed E-state index contributed by atoms with van der Waals surface area (Å²) in [5, 5.41) is 0. The fourth-order valence-electron chi connectivity index (χ4n) is 1.84. The van der Waals surface area contributed by atoms with Gasteiger partial charge in [-0.3, -0.25) is 9.69 Å². The Balaban J connectivity index is 2.43. The smallest absolute Gasteiger partial charge is 0.323 e. The molecule has 1 aliphatic rings. The van der Waals surface area contributed by atoms with Crippen molar-refractivity contribution in [2.45, 2.75) is 20.3 Å². The third kappa shape index (κ3) is 3.98. The highest BCUT2D eigenvalue weighted by Crippen LogP contribution is 2.52. The largest absolute Gasteiger partial charge is 0.444 e. The minimum atomic E-state index is -0.446. The number of esters is 1. The first-order chi connectivity index (χ1) is 9.33. The Morgan fingerprint density at radius 1 is 1.50 bits per heavy atom. The molecule has 6 nitrogen and oxygen atoms in total. The molecule has 0 spiro atoms. The summed E-state index contributed by atoms with van der Waals surface area (Å²) in [7, 11) is 1.49. The van der Waals surface area contributed by atoms with Gasteiger partial charge in [-0.1, -0.05) is 19.8 Å². The predicted molar refractivity (Wildman–Crippen MR) is 72.5 cm³/mol. The molecule has 6 heteroatoms. The van der Waals surface area contributed by atoms with Gasteiger partial charge in [0.05, 0.1) is 19.0 Å². The molecule has 0 aromatic rings. The fraction of sp³-hybridized carbons (Fsp3) is 0.643. The lowest BCUT2D eigenvalue weighted by atomic mass is 10.1. The van der Waals surface area contributed by atoms with Gasteiger partial charge in [-0.05, 0) is 11.8 Å². The molecule has 0 aliphatic heterocycles. The van der Waals surface area contributed by atoms with Gasteiger partial charge in [-0.15, -0.1) is 6.42 Å². The normalized spacial score (nSPS) is 18.6. The molecule has 0 heterocycles. The van der Waals surface area contributed by atoms with Crippen LogP contribution < -0.4 is 0 Å². The molecule has 0 radical (unpaired) electrons. The van der Waals surface area contributed by atoms with Crippen LogP contribution in [0.25, 0.3) is 0 Å². The number of aldehydes is 1. The maximum Gasteiger partial charge on any atom is 0.323 e. The van der Waals surface area contributed by atoms with Crippen LogP contribution in [-0.2, 0) is 14.3 Å². The van der Waals surface area contributed by atoms with E-state index in [0.29, 0.717) is 6.29 Å². The predicted octanol–water partition coefficient (Wildman–Crippen LogP) is 0.719. The maximum atomic E-state index is 12.0. The van der Waals surface area contributed by atoms with Crippen LogP contribution in [0.4, 0.5) is 4.79 Å². The Hall–Kier alpha value is -2.03. The van der Waals surface area contributed by atoms with Gasteiger partial charge in [0.15, 0.2) is 6.73 Å². The molecule has 1 atom stereocenters. The summed E-state index contributed by atoms with van der Waals surface area (Å²) in [6.45, 7) is 3.78. The molecule has 0 unspecified atom stereocenters. The topological polar surface area (TPSA) is 66.9 Å². The maximum absolute atomic E-state index is 12.0. The molecule has 1 rings (SSSR count). The second kappa shape index (κ2) is 6.42. The molecule has 0 N–H and O–H groups in total. The zero-order valence-corrected chi connectivity index (χ0v) is 12.1. The number of amides is 2. The number of urea groups is 1. The molecule has 110 valence electrons. The third-order valence-corrected chi connectivity index (χ3v) is 3.37. The number of hydrogen-bond acceptors (Lipinski definition) is 4. The summed E-state index contributed by atoms with van der Waals surface area (Å²) in [5.74, 6) is 1.91. The van der Waals surface area contributed by atoms with Crippen molar-refractivity contribution in [2.24, 2.45) is 11.3 Å². The fourth-order valence-corrected chi connectivity index (χ4v) is 1.84. The Morgan fingerprint density at radius 2 is 2.10 bits per heavy atom. The van der Waals surface area contributed by atoms with E-state index in [0.717, 1.165) is 6.42 Å². The Bertz CT molecular complexity index is 439. The van der Waals surface area contributed by atoms with E-state index in [1.54, 1.807) is 0 Å². The molecule has 1 aliphatic carbocycles. The monoisotopic (exact) mass is 280 g/mol. The quantitative estimate of drug-likeness (QED) is 0.311. The molecule has 0 aromatic carbocycles. The van der Waals surface area contributed by atoms with E-state index in [4.69, 9.17) is 11.2 Å². The summed E-state index contributed by atoms with van der Waals surface area (Å²) < 4.78 is 5.09. The SMILES string of the molecule is C#CCN(CC=O)C(=O)N(C)COC(=O)[C@@H]1CC1(C)C. The van der Waals surface area contributed by atoms with Crippen molar-refractivity contribution >= 4 is 18.3 Å². The van der Waals surface area contributed by atoms with E-state index in [1.807, 2.05) is 13.8 Å². The van der Waals surface area contributed by atoms with Crippen molar-refractivity contribution in [2.75, 3.05) is 26.9 Å². The number of terminal acetylenes is 1. The van der Waals surface area contributed by atoms with E-state index < -0.39 is 6.03 Å². The van der Waals surface area contributed by atoms with E-state index in [9.17, 15) is 14.4 Å². The molecule has 1 saturated carbocycles. The lowest BCUT2D eigenvalue weighted by Gasteiger charge is -2.24. The molecule has 20 heavy (non-hydrogen) atoms. The van der Waals surface area contributed by atoms with Crippen molar-refractivity contribution in [3.05, 3.63) is 0 Å². The van der Waals surface area contributed by atoms with Crippen LogP contribution in [-0.4, -0.2) is 55.0 Å². The van der Waals surface area contributed by atoms with Gasteiger partial charge < -0.3 is 14.4 Å². The van der Waals surface area contributed by atoms with E-state index in [-0.39, 0.29) is 37.1 Å². The number of ether oxygens (including phenoxy) is 1. The number of carbonyl (C=O) groups is 3. The molecule has 2 amide bonds. The van der Waals surface area contributed by atoms with Gasteiger partial charge in [0.2, 0.25) is 0 Å². The standard InChI is InChI=1S/C14H20N2O4/c1-5-6-16(7-8-17)13(19)15(4)10-20-12(18)11-9-14(11,2)3/h1,8,11H,6-7,9-10H2,2-4H3/t11-/m0/s1. The van der Waals surface area contributed by atoms with Crippen LogP contribution >= 0.6 is 0 Å². The average Bonchev–Trinajstić information content (AvgIpc) is 3.03. The second-order valence-corrected chi connectivity index (χ2v) is 5.57. The van der Waals surface area contributed by atoms with Gasteiger partial charge in [0.1, 0.15) is 6.29 Å². The first kappa shape index (κ1) is 16.0. The molecular weight excluding hydrogens is 260 g/mol. The summed E-state index contributed by atoms with van der Waals surface area (Å²) >= 11 is 0. The first-order valence-electron chi connectivity index (χ1n) is 6.37. The van der Waals surface area contributed by atoms with Gasteiger partial charge in [-0.25, -0.2) is 4.79 Å². The molecule has 1 fully saturated rings. The second-order valence-electron chi connectivity index (χ2n) is 5.57. The Morgan fingerprint density at radius 3 is 2.55 bits per heavy atom. The van der Waals surface area contributed by atoms with Crippen LogP contribution in [0, 0.1) is 23.7 Å². The highest BCUT2D eigenvalue weighted by Gasteiger charge is 2.51. The van der Waals surface area contributed by atoms with Crippen LogP contribution in [0.2, 0.25) is 0 Å². The van der Waals surface area contributed by atoms with E-state index in [2.05, 4.69) is 5.92 Å². The van der Waals surface area contributed by atoms with E-state index in [1.165, 1.54) is 16.8 Å². The molecule has 0 bridgehead atoms. The molecule has 0 saturated heterocycles. The number of hydrogen-bond donors (Lipinski definition) is 0. The summed E-state index contributed by atoms with van der Waals surface area (Å²) in [4.78, 5) is 36.6. The van der Waals surface area contributed by atoms with Crippen LogP contribution in [0.1, 0.15) is 20.3 Å². The van der Waals surface area contributed by atoms with Crippen molar-refractivity contribution in [3.63, 3.8) is 0 Å². The minimum absolute atomic E-state index is 0.00726. The summed E-state index contributed by atoms with van der Waals surface area (Å²) in [6.07, 6.45) is 6.54. The summed E-state index contributed by atoms with van der Waals surface area (Å²) in [6, 6.07) is -0.446. The summed E-state index contributed by atoms with van der Waals surface area (Å²) in [5.41, 5.74) is -0.00726. The third-order valence-electron chi connectivity index (χ3n) is 3.37. The molecule has 0 aromatic heterocycles. The van der Waals surface area contributed by atoms with Crippen LogP contribution in [0.5, 0.6) is 0 Å². The Kier molecular flexibility index (Phi) is 5.14. The number of carbonyl (C=O) groups excluding carboxylic acids is 3. The van der Waals surface area contributed by atoms with Crippen molar-refractivity contribution < 1.29 is 19.1 Å². The highest BCUT2D eigenvalue weighted by atomic mass is 16.5. The zero-order valence-electron chi connectivity index (χ0n) is 12.1. The van der Waals surface area contributed by atoms with Crippen LogP contribution in [0.15, 0.2) is 0 Å². The number of rotatable bonds is 6.